The van der Waals surface area contributed by atoms with Gasteiger partial charge in [0.2, 0.25) is 0 Å². The average Bonchev–Trinajstić information content (AvgIpc) is 3.05. The maximum atomic E-state index is 2.41. The van der Waals surface area contributed by atoms with Crippen molar-refractivity contribution >= 4 is 21.8 Å². The maximum absolute atomic E-state index is 2.41. The van der Waals surface area contributed by atoms with Crippen LogP contribution in [0.5, 0.6) is 0 Å². The van der Waals surface area contributed by atoms with E-state index in [0.717, 1.165) is 6.42 Å². The molecule has 0 aliphatic rings. The Balaban J connectivity index is 1.85. The van der Waals surface area contributed by atoms with E-state index < -0.39 is 0 Å². The van der Waals surface area contributed by atoms with E-state index >= 15 is 0 Å². The van der Waals surface area contributed by atoms with Crippen LogP contribution in [0.2, 0.25) is 0 Å². The summed E-state index contributed by atoms with van der Waals surface area (Å²) in [7, 11) is 0. The molecular formula is C25H19N. The number of rotatable bonds is 3. The molecular weight excluding hydrogens is 314 g/mol. The molecule has 1 heterocycles. The quantitative estimate of drug-likeness (QED) is 0.361. The Kier molecular flexibility index (Phi) is 3.57. The molecule has 0 bridgehead atoms. The minimum absolute atomic E-state index is 0.932. The van der Waals surface area contributed by atoms with E-state index in [1.807, 2.05) is 0 Å². The second kappa shape index (κ2) is 6.20. The zero-order chi connectivity index (χ0) is 17.3. The Hall–Kier alpha value is -3.32. The summed E-state index contributed by atoms with van der Waals surface area (Å²) in [5.41, 5.74) is 6.47. The minimum Gasteiger partial charge on any atom is -0.309 e. The number of hydrogen-bond donors (Lipinski definition) is 0. The summed E-state index contributed by atoms with van der Waals surface area (Å²) in [5, 5.41) is 2.62. The molecule has 124 valence electrons. The Morgan fingerprint density at radius 3 is 2.00 bits per heavy atom. The van der Waals surface area contributed by atoms with Crippen molar-refractivity contribution in [2.24, 2.45) is 0 Å². The van der Waals surface area contributed by atoms with Gasteiger partial charge in [0.25, 0.3) is 0 Å². The van der Waals surface area contributed by atoms with Crippen LogP contribution in [0.25, 0.3) is 27.5 Å². The van der Waals surface area contributed by atoms with Gasteiger partial charge in [-0.3, -0.25) is 0 Å². The molecule has 0 radical (unpaired) electrons. The van der Waals surface area contributed by atoms with E-state index in [2.05, 4.69) is 108 Å². The Morgan fingerprint density at radius 2 is 1.19 bits per heavy atom. The predicted molar refractivity (Wildman–Crippen MR) is 110 cm³/mol. The van der Waals surface area contributed by atoms with Gasteiger partial charge in [-0.25, -0.2) is 0 Å². The summed E-state index contributed by atoms with van der Waals surface area (Å²) in [5.74, 6) is 0. The van der Waals surface area contributed by atoms with Crippen LogP contribution in [0.1, 0.15) is 11.1 Å². The van der Waals surface area contributed by atoms with Crippen molar-refractivity contribution in [3.05, 3.63) is 114 Å². The van der Waals surface area contributed by atoms with Gasteiger partial charge < -0.3 is 4.57 Å². The second-order valence-corrected chi connectivity index (χ2v) is 6.66. The molecule has 0 amide bonds. The van der Waals surface area contributed by atoms with Crippen LogP contribution in [0, 0.1) is 0 Å². The largest absolute Gasteiger partial charge is 0.309 e. The molecule has 0 saturated carbocycles. The summed E-state index contributed by atoms with van der Waals surface area (Å²) in [4.78, 5) is 0. The third-order valence-electron chi connectivity index (χ3n) is 5.03. The molecule has 1 heteroatoms. The number of hydrogen-bond acceptors (Lipinski definition) is 0. The van der Waals surface area contributed by atoms with Crippen molar-refractivity contribution in [1.82, 2.24) is 4.57 Å². The number of aromatic nitrogens is 1. The van der Waals surface area contributed by atoms with Crippen molar-refractivity contribution in [2.45, 2.75) is 6.42 Å². The number of para-hydroxylation sites is 3. The highest BCUT2D eigenvalue weighted by molar-refractivity contribution is 6.10. The van der Waals surface area contributed by atoms with Gasteiger partial charge in [0.05, 0.1) is 11.0 Å². The monoisotopic (exact) mass is 333 g/mol. The molecule has 0 fully saturated rings. The zero-order valence-electron chi connectivity index (χ0n) is 14.5. The van der Waals surface area contributed by atoms with Crippen molar-refractivity contribution in [2.75, 3.05) is 0 Å². The zero-order valence-corrected chi connectivity index (χ0v) is 14.5. The van der Waals surface area contributed by atoms with Gasteiger partial charge in [-0.1, -0.05) is 84.9 Å². The second-order valence-electron chi connectivity index (χ2n) is 6.66. The lowest BCUT2D eigenvalue weighted by Crippen LogP contribution is -1.97. The van der Waals surface area contributed by atoms with Gasteiger partial charge >= 0.3 is 0 Å². The molecule has 0 saturated heterocycles. The van der Waals surface area contributed by atoms with E-state index in [0.29, 0.717) is 0 Å². The summed E-state index contributed by atoms with van der Waals surface area (Å²) >= 11 is 0. The van der Waals surface area contributed by atoms with Gasteiger partial charge in [-0.2, -0.15) is 0 Å². The molecule has 1 nitrogen and oxygen atoms in total. The van der Waals surface area contributed by atoms with Crippen molar-refractivity contribution in [1.29, 1.82) is 0 Å². The number of nitrogens with zero attached hydrogens (tertiary/aromatic N) is 1. The topological polar surface area (TPSA) is 4.93 Å². The van der Waals surface area contributed by atoms with E-state index in [-0.39, 0.29) is 0 Å². The Bertz CT molecular complexity index is 1180. The van der Waals surface area contributed by atoms with Gasteiger partial charge in [-0.05, 0) is 35.7 Å². The summed E-state index contributed by atoms with van der Waals surface area (Å²) in [6, 6.07) is 36.7. The molecule has 0 aliphatic heterocycles. The van der Waals surface area contributed by atoms with Crippen LogP contribution in [0.4, 0.5) is 0 Å². The van der Waals surface area contributed by atoms with Crippen LogP contribution in [0.3, 0.4) is 0 Å². The lowest BCUT2D eigenvalue weighted by atomic mass is 10.0. The molecule has 0 aliphatic carbocycles. The number of fused-ring (bicyclic) bond motifs is 3. The Morgan fingerprint density at radius 1 is 0.538 bits per heavy atom. The van der Waals surface area contributed by atoms with E-state index in [1.165, 1.54) is 38.6 Å². The first-order valence-electron chi connectivity index (χ1n) is 9.02. The Labute approximate surface area is 153 Å². The fourth-order valence-corrected chi connectivity index (χ4v) is 3.89. The van der Waals surface area contributed by atoms with Crippen molar-refractivity contribution in [3.63, 3.8) is 0 Å². The van der Waals surface area contributed by atoms with Gasteiger partial charge in [0.1, 0.15) is 0 Å². The van der Waals surface area contributed by atoms with E-state index in [9.17, 15) is 0 Å². The van der Waals surface area contributed by atoms with E-state index in [1.54, 1.807) is 0 Å². The highest BCUT2D eigenvalue weighted by atomic mass is 15.0. The number of benzene rings is 4. The van der Waals surface area contributed by atoms with Crippen LogP contribution >= 0.6 is 0 Å². The molecule has 5 aromatic rings. The highest BCUT2D eigenvalue weighted by Crippen LogP contribution is 2.34. The fraction of sp³-hybridized carbons (Fsp3) is 0.0400. The molecule has 1 aromatic heterocycles. The molecule has 0 unspecified atom stereocenters. The third kappa shape index (κ3) is 2.41. The first-order valence-corrected chi connectivity index (χ1v) is 9.02. The summed E-state index contributed by atoms with van der Waals surface area (Å²) in [6.45, 7) is 0. The standard InChI is InChI=1S/C25H19N/c1-3-10-19(11-4-1)18-20-12-9-16-23-22-15-7-8-17-24(22)26(25(20)23)21-13-5-2-6-14-21/h1-17H,18H2. The lowest BCUT2D eigenvalue weighted by Gasteiger charge is -2.11. The lowest BCUT2D eigenvalue weighted by molar-refractivity contribution is 1.13. The molecule has 4 aromatic carbocycles. The fourth-order valence-electron chi connectivity index (χ4n) is 3.89. The van der Waals surface area contributed by atoms with Crippen LogP contribution < -0.4 is 0 Å². The average molecular weight is 333 g/mol. The molecule has 5 rings (SSSR count). The smallest absolute Gasteiger partial charge is 0.0576 e. The van der Waals surface area contributed by atoms with E-state index in [4.69, 9.17) is 0 Å². The maximum Gasteiger partial charge on any atom is 0.0576 e. The summed E-state index contributed by atoms with van der Waals surface area (Å²) in [6.07, 6.45) is 0.932. The molecule has 0 atom stereocenters. The first kappa shape index (κ1) is 15.0. The van der Waals surface area contributed by atoms with Crippen LogP contribution in [-0.2, 0) is 6.42 Å². The van der Waals surface area contributed by atoms with Crippen molar-refractivity contribution < 1.29 is 0 Å². The highest BCUT2D eigenvalue weighted by Gasteiger charge is 2.14. The van der Waals surface area contributed by atoms with Crippen LogP contribution in [0.15, 0.2) is 103 Å². The van der Waals surface area contributed by atoms with Crippen molar-refractivity contribution in [3.8, 4) is 5.69 Å². The third-order valence-corrected chi connectivity index (χ3v) is 5.03. The molecule has 0 N–H and O–H groups in total. The van der Waals surface area contributed by atoms with Gasteiger partial charge in [0, 0.05) is 16.5 Å². The van der Waals surface area contributed by atoms with Gasteiger partial charge in [-0.15, -0.1) is 0 Å². The summed E-state index contributed by atoms with van der Waals surface area (Å²) < 4.78 is 2.41. The SMILES string of the molecule is c1ccc(Cc2cccc3c4ccccc4n(-c4ccccc4)c23)cc1. The molecule has 26 heavy (non-hydrogen) atoms. The molecule has 0 spiro atoms. The predicted octanol–water partition coefficient (Wildman–Crippen LogP) is 6.37. The van der Waals surface area contributed by atoms with Gasteiger partial charge in [0.15, 0.2) is 0 Å². The minimum atomic E-state index is 0.932. The normalized spacial score (nSPS) is 11.2. The van der Waals surface area contributed by atoms with Crippen LogP contribution in [-0.4, -0.2) is 4.57 Å². The first-order chi connectivity index (χ1) is 12.9.